The van der Waals surface area contributed by atoms with Gasteiger partial charge in [0.2, 0.25) is 5.91 Å². The highest BCUT2D eigenvalue weighted by Gasteiger charge is 2.31. The highest BCUT2D eigenvalue weighted by molar-refractivity contribution is 6.29. The first kappa shape index (κ1) is 24.6. The quantitative estimate of drug-likeness (QED) is 0.374. The number of carbonyl (C=O) groups is 4. The molecule has 0 spiro atoms. The van der Waals surface area contributed by atoms with Crippen LogP contribution < -0.4 is 16.5 Å². The molecule has 2 atom stereocenters. The van der Waals surface area contributed by atoms with E-state index in [0.717, 1.165) is 32.1 Å². The molecule has 12 heteroatoms. The number of halogens is 2. The van der Waals surface area contributed by atoms with Crippen LogP contribution in [0.4, 0.5) is 4.39 Å². The van der Waals surface area contributed by atoms with Crippen molar-refractivity contribution in [3.8, 4) is 0 Å². The van der Waals surface area contributed by atoms with E-state index in [-0.39, 0.29) is 24.6 Å². The minimum Gasteiger partial charge on any atom is -0.370 e. The molecule has 1 unspecified atom stereocenters. The summed E-state index contributed by atoms with van der Waals surface area (Å²) in [4.78, 5) is 48.5. The van der Waals surface area contributed by atoms with E-state index in [4.69, 9.17) is 21.9 Å². The molecule has 4 N–H and O–H groups in total. The monoisotopic (exact) mass is 459 g/mol. The molecule has 1 aliphatic rings. The summed E-state index contributed by atoms with van der Waals surface area (Å²) in [5.74, 6) is -2.73. The maximum absolute atomic E-state index is 13.3. The van der Waals surface area contributed by atoms with Crippen LogP contribution in [0.2, 0.25) is 0 Å². The van der Waals surface area contributed by atoms with Crippen LogP contribution in [0, 0.1) is 12.8 Å². The first-order valence-electron chi connectivity index (χ1n) is 10.1. The normalized spacial score (nSPS) is 16.2. The fourth-order valence-electron chi connectivity index (χ4n) is 3.47. The topological polar surface area (TPSA) is 148 Å². The number of carbonyl (C=O) groups excluding carboxylic acids is 4. The van der Waals surface area contributed by atoms with Crippen LogP contribution >= 0.6 is 11.6 Å². The van der Waals surface area contributed by atoms with Crippen LogP contribution in [0.25, 0.3) is 0 Å². The Morgan fingerprint density at radius 2 is 2.00 bits per heavy atom. The molecule has 1 aromatic rings. The number of hydrogen-bond donors (Lipinski definition) is 3. The van der Waals surface area contributed by atoms with Crippen LogP contribution in [0.5, 0.6) is 0 Å². The van der Waals surface area contributed by atoms with Gasteiger partial charge in [-0.3, -0.25) is 24.6 Å². The first-order valence-corrected chi connectivity index (χ1v) is 10.5. The summed E-state index contributed by atoms with van der Waals surface area (Å²) in [5.41, 5.74) is 4.92. The number of aromatic nitrogens is 1. The molecule has 1 aliphatic carbocycles. The molecule has 4 amide bonds. The molecule has 0 aromatic carbocycles. The van der Waals surface area contributed by atoms with Crippen molar-refractivity contribution >= 4 is 35.2 Å². The number of rotatable bonds is 9. The lowest BCUT2D eigenvalue weighted by Gasteiger charge is -2.29. The summed E-state index contributed by atoms with van der Waals surface area (Å²) in [6, 6.07) is 0.402. The number of nitrogens with one attached hydrogen (secondary N) is 2. The van der Waals surface area contributed by atoms with Gasteiger partial charge in [0.15, 0.2) is 5.69 Å². The molecular weight excluding hydrogens is 433 g/mol. The van der Waals surface area contributed by atoms with E-state index in [1.165, 1.54) is 6.07 Å². The second kappa shape index (κ2) is 11.6. The zero-order valence-corrected chi connectivity index (χ0v) is 18.0. The summed E-state index contributed by atoms with van der Waals surface area (Å²) in [6.45, 7) is 1.26. The number of primary amides is 1. The predicted molar refractivity (Wildman–Crippen MR) is 108 cm³/mol. The SMILES string of the molecule is Cc1cc(C(=O)N[C@@H](CC2CCCCC2)C(=O)NN(CCC(N)=O)C(=O)C(F)Cl)no1. The maximum atomic E-state index is 13.3. The predicted octanol–water partition coefficient (Wildman–Crippen LogP) is 1.32. The van der Waals surface area contributed by atoms with Gasteiger partial charge in [-0.25, -0.2) is 9.40 Å². The van der Waals surface area contributed by atoms with Gasteiger partial charge in [-0.15, -0.1) is 0 Å². The molecule has 0 aliphatic heterocycles. The number of nitrogens with zero attached hydrogens (tertiary/aromatic N) is 2. The summed E-state index contributed by atoms with van der Waals surface area (Å²) >= 11 is 5.21. The Morgan fingerprint density at radius 3 is 2.55 bits per heavy atom. The van der Waals surface area contributed by atoms with Gasteiger partial charge in [0.05, 0.1) is 6.54 Å². The standard InChI is InChI=1S/C19H27ClFN5O5/c1-11-9-14(25-31-11)17(28)23-13(10-12-5-3-2-4-6-12)18(29)24-26(8-7-15(22)27)19(30)16(20)21/h9,12-13,16H,2-8,10H2,1H3,(H2,22,27)(H,23,28)(H,24,29)/t13-,16?/m0/s1. The average molecular weight is 460 g/mol. The number of alkyl halides is 2. The van der Waals surface area contributed by atoms with Crippen LogP contribution in [-0.2, 0) is 14.4 Å². The number of hydrazine groups is 1. The molecule has 0 saturated heterocycles. The molecule has 1 heterocycles. The second-order valence-electron chi connectivity index (χ2n) is 7.57. The third kappa shape index (κ3) is 7.82. The highest BCUT2D eigenvalue weighted by Crippen LogP contribution is 2.27. The third-order valence-electron chi connectivity index (χ3n) is 5.06. The number of hydrogen-bond acceptors (Lipinski definition) is 6. The maximum Gasteiger partial charge on any atom is 0.291 e. The molecule has 1 saturated carbocycles. The van der Waals surface area contributed by atoms with Crippen molar-refractivity contribution in [3.05, 3.63) is 17.5 Å². The molecule has 0 radical (unpaired) electrons. The van der Waals surface area contributed by atoms with Gasteiger partial charge in [-0.2, -0.15) is 0 Å². The van der Waals surface area contributed by atoms with E-state index in [1.54, 1.807) is 6.92 Å². The fraction of sp³-hybridized carbons (Fsp3) is 0.632. The summed E-state index contributed by atoms with van der Waals surface area (Å²) in [5, 5.41) is 6.84. The smallest absolute Gasteiger partial charge is 0.291 e. The van der Waals surface area contributed by atoms with Crippen molar-refractivity contribution in [2.45, 2.75) is 63.5 Å². The minimum absolute atomic E-state index is 0.00480. The number of aryl methyl sites for hydroxylation is 1. The largest absolute Gasteiger partial charge is 0.370 e. The Balaban J connectivity index is 2.14. The van der Waals surface area contributed by atoms with Crippen molar-refractivity contribution in [2.75, 3.05) is 6.54 Å². The van der Waals surface area contributed by atoms with E-state index in [9.17, 15) is 23.6 Å². The van der Waals surface area contributed by atoms with E-state index in [2.05, 4.69) is 15.9 Å². The molecule has 31 heavy (non-hydrogen) atoms. The molecule has 1 aromatic heterocycles. The Bertz CT molecular complexity index is 796. The zero-order valence-electron chi connectivity index (χ0n) is 17.2. The van der Waals surface area contributed by atoms with Crippen molar-refractivity contribution < 1.29 is 28.1 Å². The van der Waals surface area contributed by atoms with Gasteiger partial charge >= 0.3 is 0 Å². The Kier molecular flexibility index (Phi) is 9.22. The van der Waals surface area contributed by atoms with Crippen LogP contribution in [-0.4, -0.2) is 52.0 Å². The Labute approximate surface area is 184 Å². The molecule has 10 nitrogen and oxygen atoms in total. The minimum atomic E-state index is -2.42. The fourth-order valence-corrected chi connectivity index (χ4v) is 3.58. The van der Waals surface area contributed by atoms with Gasteiger partial charge in [-0.05, 0) is 19.3 Å². The summed E-state index contributed by atoms with van der Waals surface area (Å²) < 4.78 is 18.2. The van der Waals surface area contributed by atoms with Crippen molar-refractivity contribution in [2.24, 2.45) is 11.7 Å². The lowest BCUT2D eigenvalue weighted by molar-refractivity contribution is -0.144. The second-order valence-corrected chi connectivity index (χ2v) is 7.95. The summed E-state index contributed by atoms with van der Waals surface area (Å²) in [7, 11) is 0. The van der Waals surface area contributed by atoms with Crippen molar-refractivity contribution in [1.29, 1.82) is 0 Å². The molecular formula is C19H27ClFN5O5. The number of nitrogens with two attached hydrogens (primary N) is 1. The lowest BCUT2D eigenvalue weighted by atomic mass is 9.84. The highest BCUT2D eigenvalue weighted by atomic mass is 35.5. The summed E-state index contributed by atoms with van der Waals surface area (Å²) in [6.07, 6.45) is 4.98. The molecule has 172 valence electrons. The van der Waals surface area contributed by atoms with Gasteiger partial charge in [0, 0.05) is 12.5 Å². The van der Waals surface area contributed by atoms with Gasteiger partial charge < -0.3 is 15.6 Å². The Hall–Kier alpha value is -2.69. The molecule has 0 bridgehead atoms. The first-order chi connectivity index (χ1) is 14.7. The van der Waals surface area contributed by atoms with Gasteiger partial charge in [-0.1, -0.05) is 48.9 Å². The molecule has 2 rings (SSSR count). The van der Waals surface area contributed by atoms with Crippen LogP contribution in [0.3, 0.4) is 0 Å². The van der Waals surface area contributed by atoms with Gasteiger partial charge in [0.1, 0.15) is 11.8 Å². The van der Waals surface area contributed by atoms with Crippen LogP contribution in [0.15, 0.2) is 10.6 Å². The molecule has 1 fully saturated rings. The zero-order chi connectivity index (χ0) is 23.0. The van der Waals surface area contributed by atoms with Gasteiger partial charge in [0.25, 0.3) is 23.4 Å². The van der Waals surface area contributed by atoms with E-state index in [1.807, 2.05) is 0 Å². The van der Waals surface area contributed by atoms with Crippen molar-refractivity contribution in [3.63, 3.8) is 0 Å². The lowest BCUT2D eigenvalue weighted by Crippen LogP contribution is -2.56. The third-order valence-corrected chi connectivity index (χ3v) is 5.24. The van der Waals surface area contributed by atoms with Crippen molar-refractivity contribution in [1.82, 2.24) is 20.9 Å². The van der Waals surface area contributed by atoms with Crippen LogP contribution in [0.1, 0.15) is 61.2 Å². The van der Waals surface area contributed by atoms with E-state index in [0.29, 0.717) is 17.2 Å². The Morgan fingerprint density at radius 1 is 1.32 bits per heavy atom. The average Bonchev–Trinajstić information content (AvgIpc) is 3.17. The van der Waals surface area contributed by atoms with E-state index >= 15 is 0 Å². The number of amides is 4. The van der Waals surface area contributed by atoms with E-state index < -0.39 is 35.3 Å².